The number of unbranched alkanes of at least 4 members (excludes halogenated alkanes) is 28. The van der Waals surface area contributed by atoms with Crippen LogP contribution in [0.15, 0.2) is 60.8 Å². The Morgan fingerprint density at radius 3 is 1.18 bits per heavy atom. The molecule has 0 bridgehead atoms. The minimum Gasteiger partial charge on any atom is -0.462 e. The lowest BCUT2D eigenvalue weighted by Crippen LogP contribution is -2.30. The van der Waals surface area contributed by atoms with Gasteiger partial charge in [0.25, 0.3) is 0 Å². The van der Waals surface area contributed by atoms with Crippen molar-refractivity contribution < 1.29 is 23.8 Å². The SMILES string of the molecule is CCC/C=C\C/C=C\CCCCCCCC(=O)OC(COCCCCCCCC/C=C\CCCCCC)COC(=O)CCCCCCCCCCC/C=C\C/C=C\CCCCC. The number of rotatable bonds is 49. The van der Waals surface area contributed by atoms with Gasteiger partial charge < -0.3 is 14.2 Å². The van der Waals surface area contributed by atoms with Crippen LogP contribution in [0.2, 0.25) is 0 Å². The Hall–Kier alpha value is -2.40. The molecule has 0 aromatic heterocycles. The van der Waals surface area contributed by atoms with Crippen LogP contribution in [0.5, 0.6) is 0 Å². The fourth-order valence-corrected chi connectivity index (χ4v) is 7.46. The lowest BCUT2D eigenvalue weighted by atomic mass is 10.1. The van der Waals surface area contributed by atoms with Crippen molar-refractivity contribution in [3.05, 3.63) is 60.8 Å². The highest BCUT2D eigenvalue weighted by Gasteiger charge is 2.17. The standard InChI is InChI=1S/C57H102O5/c1-4-7-10-13-16-19-22-25-27-28-29-30-31-33-35-38-41-44-47-50-56(58)61-54-55(53-60-52-49-46-43-40-37-34-26-23-20-17-14-11-8-5-2)62-57(59)51-48-45-42-39-36-32-24-21-18-15-12-9-6-3/h12,15-16,19-21,23-25,27,55H,4-11,13-14,17-18,22,26,28-54H2,1-3H3/b15-12-,19-16-,23-20-,24-21-,27-25-. The average Bonchev–Trinajstić information content (AvgIpc) is 3.27. The van der Waals surface area contributed by atoms with E-state index in [1.165, 1.54) is 167 Å². The molecule has 0 amide bonds. The topological polar surface area (TPSA) is 61.8 Å². The lowest BCUT2D eigenvalue weighted by molar-refractivity contribution is -0.163. The first-order valence-electron chi connectivity index (χ1n) is 26.8. The summed E-state index contributed by atoms with van der Waals surface area (Å²) in [6, 6.07) is 0. The second-order valence-electron chi connectivity index (χ2n) is 17.8. The zero-order valence-electron chi connectivity index (χ0n) is 41.4. The van der Waals surface area contributed by atoms with E-state index < -0.39 is 6.10 Å². The summed E-state index contributed by atoms with van der Waals surface area (Å²) in [5, 5.41) is 0. The first-order valence-corrected chi connectivity index (χ1v) is 26.8. The van der Waals surface area contributed by atoms with Crippen molar-refractivity contribution in [3.8, 4) is 0 Å². The van der Waals surface area contributed by atoms with Crippen LogP contribution < -0.4 is 0 Å². The fraction of sp³-hybridized carbons (Fsp3) is 0.789. The summed E-state index contributed by atoms with van der Waals surface area (Å²) < 4.78 is 17.4. The summed E-state index contributed by atoms with van der Waals surface area (Å²) in [5.41, 5.74) is 0. The van der Waals surface area contributed by atoms with E-state index in [0.29, 0.717) is 19.4 Å². The predicted molar refractivity (Wildman–Crippen MR) is 270 cm³/mol. The van der Waals surface area contributed by atoms with Crippen molar-refractivity contribution in [3.63, 3.8) is 0 Å². The normalized spacial score (nSPS) is 12.6. The molecule has 0 aromatic rings. The van der Waals surface area contributed by atoms with Crippen molar-refractivity contribution in [2.24, 2.45) is 0 Å². The molecule has 0 spiro atoms. The smallest absolute Gasteiger partial charge is 0.306 e. The Labute approximate surface area is 385 Å². The molecule has 0 aliphatic rings. The van der Waals surface area contributed by atoms with E-state index in [0.717, 1.165) is 64.2 Å². The highest BCUT2D eigenvalue weighted by Crippen LogP contribution is 2.14. The van der Waals surface area contributed by atoms with Gasteiger partial charge in [0.1, 0.15) is 6.61 Å². The van der Waals surface area contributed by atoms with E-state index in [9.17, 15) is 9.59 Å². The van der Waals surface area contributed by atoms with Gasteiger partial charge in [-0.15, -0.1) is 0 Å². The zero-order valence-corrected chi connectivity index (χ0v) is 41.4. The summed E-state index contributed by atoms with van der Waals surface area (Å²) in [6.07, 6.45) is 66.5. The second kappa shape index (κ2) is 52.9. The van der Waals surface area contributed by atoms with Gasteiger partial charge in [0.15, 0.2) is 6.10 Å². The molecular formula is C57H102O5. The van der Waals surface area contributed by atoms with Crippen LogP contribution in [0.4, 0.5) is 0 Å². The Morgan fingerprint density at radius 1 is 0.355 bits per heavy atom. The Kier molecular flexibility index (Phi) is 50.9. The minimum absolute atomic E-state index is 0.0750. The number of ether oxygens (including phenoxy) is 3. The summed E-state index contributed by atoms with van der Waals surface area (Å²) >= 11 is 0. The maximum absolute atomic E-state index is 12.8. The number of hydrogen-bond acceptors (Lipinski definition) is 5. The molecule has 0 saturated carbocycles. The Bertz CT molecular complexity index is 1070. The largest absolute Gasteiger partial charge is 0.462 e. The van der Waals surface area contributed by atoms with Crippen molar-refractivity contribution >= 4 is 11.9 Å². The first-order chi connectivity index (χ1) is 30.6. The maximum Gasteiger partial charge on any atom is 0.306 e. The van der Waals surface area contributed by atoms with Crippen LogP contribution in [-0.4, -0.2) is 37.9 Å². The molecule has 0 rings (SSSR count). The van der Waals surface area contributed by atoms with Crippen molar-refractivity contribution in [2.75, 3.05) is 19.8 Å². The minimum atomic E-state index is -0.548. The van der Waals surface area contributed by atoms with Gasteiger partial charge in [-0.2, -0.15) is 0 Å². The van der Waals surface area contributed by atoms with Crippen LogP contribution in [0.25, 0.3) is 0 Å². The summed E-state index contributed by atoms with van der Waals surface area (Å²) in [7, 11) is 0. The van der Waals surface area contributed by atoms with Gasteiger partial charge in [-0.3, -0.25) is 9.59 Å². The quantitative estimate of drug-likeness (QED) is 0.0346. The van der Waals surface area contributed by atoms with Crippen molar-refractivity contribution in [2.45, 2.75) is 271 Å². The van der Waals surface area contributed by atoms with E-state index in [4.69, 9.17) is 14.2 Å². The van der Waals surface area contributed by atoms with Gasteiger partial charge in [-0.05, 0) is 103 Å². The summed E-state index contributed by atoms with van der Waals surface area (Å²) in [6.45, 7) is 7.72. The molecule has 62 heavy (non-hydrogen) atoms. The third kappa shape index (κ3) is 50.2. The highest BCUT2D eigenvalue weighted by molar-refractivity contribution is 5.70. The van der Waals surface area contributed by atoms with E-state index in [2.05, 4.69) is 81.5 Å². The molecule has 5 heteroatoms. The maximum atomic E-state index is 12.8. The van der Waals surface area contributed by atoms with Gasteiger partial charge in [0, 0.05) is 19.4 Å². The molecule has 360 valence electrons. The zero-order chi connectivity index (χ0) is 44.9. The number of carbonyl (C=O) groups excluding carboxylic acids is 2. The van der Waals surface area contributed by atoms with E-state index in [-0.39, 0.29) is 25.2 Å². The van der Waals surface area contributed by atoms with Gasteiger partial charge in [-0.25, -0.2) is 0 Å². The Balaban J connectivity index is 4.25. The number of hydrogen-bond donors (Lipinski definition) is 0. The number of esters is 2. The van der Waals surface area contributed by atoms with Crippen LogP contribution in [-0.2, 0) is 23.8 Å². The molecule has 0 aliphatic heterocycles. The number of carbonyl (C=O) groups is 2. The summed E-state index contributed by atoms with van der Waals surface area (Å²) in [5.74, 6) is -0.415. The van der Waals surface area contributed by atoms with E-state index >= 15 is 0 Å². The molecule has 1 unspecified atom stereocenters. The van der Waals surface area contributed by atoms with Gasteiger partial charge in [0.05, 0.1) is 6.61 Å². The third-order valence-electron chi connectivity index (χ3n) is 11.5. The van der Waals surface area contributed by atoms with E-state index in [1.54, 1.807) is 0 Å². The molecule has 0 heterocycles. The molecule has 0 aromatic carbocycles. The van der Waals surface area contributed by atoms with Crippen LogP contribution in [0.1, 0.15) is 265 Å². The van der Waals surface area contributed by atoms with E-state index in [1.807, 2.05) is 0 Å². The molecular weight excluding hydrogens is 765 g/mol. The second-order valence-corrected chi connectivity index (χ2v) is 17.8. The van der Waals surface area contributed by atoms with Crippen molar-refractivity contribution in [1.29, 1.82) is 0 Å². The molecule has 5 nitrogen and oxygen atoms in total. The van der Waals surface area contributed by atoms with Gasteiger partial charge in [0.2, 0.25) is 0 Å². The first kappa shape index (κ1) is 59.6. The average molecular weight is 867 g/mol. The molecule has 0 fully saturated rings. The molecule has 0 radical (unpaired) electrons. The van der Waals surface area contributed by atoms with Crippen LogP contribution in [0, 0.1) is 0 Å². The molecule has 1 atom stereocenters. The molecule has 0 N–H and O–H groups in total. The lowest BCUT2D eigenvalue weighted by Gasteiger charge is -2.18. The Morgan fingerprint density at radius 2 is 0.710 bits per heavy atom. The molecule has 0 aliphatic carbocycles. The summed E-state index contributed by atoms with van der Waals surface area (Å²) in [4.78, 5) is 25.4. The number of allylic oxidation sites excluding steroid dienone is 10. The third-order valence-corrected chi connectivity index (χ3v) is 11.5. The van der Waals surface area contributed by atoms with Gasteiger partial charge in [-0.1, -0.05) is 210 Å². The molecule has 0 saturated heterocycles. The van der Waals surface area contributed by atoms with Crippen LogP contribution in [0.3, 0.4) is 0 Å². The predicted octanol–water partition coefficient (Wildman–Crippen LogP) is 18.1. The van der Waals surface area contributed by atoms with Crippen LogP contribution >= 0.6 is 0 Å². The monoisotopic (exact) mass is 867 g/mol. The van der Waals surface area contributed by atoms with Gasteiger partial charge >= 0.3 is 11.9 Å². The van der Waals surface area contributed by atoms with Crippen molar-refractivity contribution in [1.82, 2.24) is 0 Å². The highest BCUT2D eigenvalue weighted by atomic mass is 16.6. The fourth-order valence-electron chi connectivity index (χ4n) is 7.46.